The van der Waals surface area contributed by atoms with Gasteiger partial charge in [0.15, 0.2) is 0 Å². The summed E-state index contributed by atoms with van der Waals surface area (Å²) in [6, 6.07) is 15.5. The lowest BCUT2D eigenvalue weighted by atomic mass is 10.1. The number of halogens is 1. The van der Waals surface area contributed by atoms with Gasteiger partial charge in [-0.3, -0.25) is 9.59 Å². The second kappa shape index (κ2) is 12.7. The van der Waals surface area contributed by atoms with Crippen LogP contribution in [0.1, 0.15) is 37.6 Å². The van der Waals surface area contributed by atoms with Crippen molar-refractivity contribution >= 4 is 40.4 Å². The summed E-state index contributed by atoms with van der Waals surface area (Å²) < 4.78 is 0. The highest BCUT2D eigenvalue weighted by Gasteiger charge is 2.24. The Bertz CT molecular complexity index is 1210. The van der Waals surface area contributed by atoms with Crippen molar-refractivity contribution in [2.45, 2.75) is 40.2 Å². The molecule has 196 valence electrons. The molecular formula is C29H35ClN4O2S. The van der Waals surface area contributed by atoms with Crippen molar-refractivity contribution < 1.29 is 9.59 Å². The van der Waals surface area contributed by atoms with Crippen LogP contribution in [-0.4, -0.2) is 59.3 Å². The minimum Gasteiger partial charge on any atom is -0.337 e. The van der Waals surface area contributed by atoms with Gasteiger partial charge in [-0.25, -0.2) is 4.98 Å². The minimum atomic E-state index is 0.0252. The van der Waals surface area contributed by atoms with Gasteiger partial charge in [-0.1, -0.05) is 55.8 Å². The molecule has 0 saturated heterocycles. The maximum Gasteiger partial charge on any atom is 0.228 e. The number of nitrogens with zero attached hydrogens (tertiary/aromatic N) is 4. The van der Waals surface area contributed by atoms with Crippen molar-refractivity contribution in [3.8, 4) is 11.3 Å². The summed E-state index contributed by atoms with van der Waals surface area (Å²) in [4.78, 5) is 38.1. The van der Waals surface area contributed by atoms with Gasteiger partial charge >= 0.3 is 0 Å². The van der Waals surface area contributed by atoms with Crippen LogP contribution in [0.15, 0.2) is 54.0 Å². The average Bonchev–Trinajstić information content (AvgIpc) is 3.31. The van der Waals surface area contributed by atoms with E-state index in [-0.39, 0.29) is 18.2 Å². The monoisotopic (exact) mass is 538 g/mol. The summed E-state index contributed by atoms with van der Waals surface area (Å²) in [5.41, 5.74) is 5.47. The Labute approximate surface area is 228 Å². The van der Waals surface area contributed by atoms with Crippen LogP contribution in [0.2, 0.25) is 5.02 Å². The van der Waals surface area contributed by atoms with Gasteiger partial charge < -0.3 is 14.7 Å². The molecule has 0 fully saturated rings. The lowest BCUT2D eigenvalue weighted by molar-refractivity contribution is -0.131. The summed E-state index contributed by atoms with van der Waals surface area (Å²) in [5.74, 6) is 0.610. The predicted octanol–water partition coefficient (Wildman–Crippen LogP) is 5.75. The quantitative estimate of drug-likeness (QED) is 0.415. The van der Waals surface area contributed by atoms with Crippen LogP contribution < -0.4 is 4.90 Å². The zero-order valence-electron chi connectivity index (χ0n) is 21.8. The van der Waals surface area contributed by atoms with Crippen LogP contribution in [0.4, 0.5) is 5.69 Å². The first-order valence-electron chi connectivity index (χ1n) is 12.9. The fraction of sp³-hybridized carbons (Fsp3) is 0.414. The fourth-order valence-electron chi connectivity index (χ4n) is 4.87. The van der Waals surface area contributed by atoms with Crippen molar-refractivity contribution in [1.82, 2.24) is 14.8 Å². The highest BCUT2D eigenvalue weighted by molar-refractivity contribution is 7.10. The summed E-state index contributed by atoms with van der Waals surface area (Å²) >= 11 is 7.58. The smallest absolute Gasteiger partial charge is 0.228 e. The molecule has 0 saturated carbocycles. The van der Waals surface area contributed by atoms with Crippen molar-refractivity contribution in [2.75, 3.05) is 37.6 Å². The van der Waals surface area contributed by atoms with E-state index in [4.69, 9.17) is 11.6 Å². The Hall–Kier alpha value is -2.74. The van der Waals surface area contributed by atoms with E-state index in [1.807, 2.05) is 58.3 Å². The van der Waals surface area contributed by atoms with Gasteiger partial charge in [0, 0.05) is 60.8 Å². The molecule has 3 aromatic rings. The van der Waals surface area contributed by atoms with E-state index in [1.165, 1.54) is 11.3 Å². The van der Waals surface area contributed by atoms with E-state index in [2.05, 4.69) is 23.7 Å². The van der Waals surface area contributed by atoms with Gasteiger partial charge in [-0.2, -0.15) is 0 Å². The van der Waals surface area contributed by atoms with E-state index >= 15 is 0 Å². The van der Waals surface area contributed by atoms with Gasteiger partial charge in [0.05, 0.1) is 17.6 Å². The lowest BCUT2D eigenvalue weighted by Crippen LogP contribution is -2.40. The number of amides is 2. The highest BCUT2D eigenvalue weighted by Crippen LogP contribution is 2.29. The molecular weight excluding hydrogens is 504 g/mol. The third-order valence-corrected chi connectivity index (χ3v) is 7.70. The molecule has 0 aliphatic carbocycles. The summed E-state index contributed by atoms with van der Waals surface area (Å²) in [6.45, 7) is 10.5. The molecule has 0 atom stereocenters. The van der Waals surface area contributed by atoms with Gasteiger partial charge in [0.1, 0.15) is 0 Å². The molecule has 0 radical (unpaired) electrons. The first kappa shape index (κ1) is 27.3. The van der Waals surface area contributed by atoms with Crippen molar-refractivity contribution in [1.29, 1.82) is 0 Å². The van der Waals surface area contributed by atoms with Crippen LogP contribution in [0.3, 0.4) is 0 Å². The molecule has 2 aromatic carbocycles. The Kier molecular flexibility index (Phi) is 9.35. The third-order valence-electron chi connectivity index (χ3n) is 6.61. The van der Waals surface area contributed by atoms with Gasteiger partial charge in [-0.15, -0.1) is 11.3 Å². The van der Waals surface area contributed by atoms with Crippen LogP contribution in [0.25, 0.3) is 11.3 Å². The normalized spacial score (nSPS) is 15.4. The molecule has 1 aromatic heterocycles. The number of rotatable bonds is 5. The number of carbonyl (C=O) groups excluding carboxylic acids is 2. The maximum atomic E-state index is 13.8. The Morgan fingerprint density at radius 1 is 1.03 bits per heavy atom. The number of aromatic nitrogens is 1. The molecule has 37 heavy (non-hydrogen) atoms. The van der Waals surface area contributed by atoms with Gasteiger partial charge in [0.2, 0.25) is 11.8 Å². The molecule has 6 nitrogen and oxygen atoms in total. The molecule has 2 heterocycles. The number of thiazole rings is 1. The molecule has 8 heteroatoms. The number of anilines is 1. The van der Waals surface area contributed by atoms with E-state index in [9.17, 15) is 9.59 Å². The van der Waals surface area contributed by atoms with E-state index in [1.54, 1.807) is 12.4 Å². The average molecular weight is 539 g/mol. The van der Waals surface area contributed by atoms with Gasteiger partial charge in [-0.05, 0) is 42.6 Å². The Morgan fingerprint density at radius 2 is 1.78 bits per heavy atom. The SMILES string of the molecule is CC(=O)N1CCCN(CC(C)C)CCN(C(=O)Cc2scnc2-c2ccc(Cl)cc2)Cc2ccccc21. The predicted molar refractivity (Wildman–Crippen MR) is 152 cm³/mol. The number of benzene rings is 2. The van der Waals surface area contributed by atoms with Crippen LogP contribution in [0, 0.1) is 5.92 Å². The number of fused-ring (bicyclic) bond motifs is 1. The lowest BCUT2D eigenvalue weighted by Gasteiger charge is -2.29. The molecule has 0 unspecified atom stereocenters. The molecule has 1 aliphatic rings. The highest BCUT2D eigenvalue weighted by atomic mass is 35.5. The van der Waals surface area contributed by atoms with Crippen molar-refractivity contribution in [3.63, 3.8) is 0 Å². The van der Waals surface area contributed by atoms with Crippen LogP contribution in [0.5, 0.6) is 0 Å². The minimum absolute atomic E-state index is 0.0252. The number of para-hydroxylation sites is 1. The summed E-state index contributed by atoms with van der Waals surface area (Å²) in [6.07, 6.45) is 1.17. The number of carbonyl (C=O) groups is 2. The first-order chi connectivity index (χ1) is 17.8. The Morgan fingerprint density at radius 3 is 2.51 bits per heavy atom. The van der Waals surface area contributed by atoms with Gasteiger partial charge in [0.25, 0.3) is 0 Å². The van der Waals surface area contributed by atoms with Crippen LogP contribution in [-0.2, 0) is 22.6 Å². The zero-order chi connectivity index (χ0) is 26.4. The Balaban J connectivity index is 1.62. The summed E-state index contributed by atoms with van der Waals surface area (Å²) in [5, 5.41) is 0.671. The summed E-state index contributed by atoms with van der Waals surface area (Å²) in [7, 11) is 0. The van der Waals surface area contributed by atoms with E-state index in [0.717, 1.165) is 53.4 Å². The third kappa shape index (κ3) is 7.18. The molecule has 0 N–H and O–H groups in total. The number of hydrogen-bond acceptors (Lipinski definition) is 5. The maximum absolute atomic E-state index is 13.8. The molecule has 0 spiro atoms. The number of hydrogen-bond donors (Lipinski definition) is 0. The molecule has 4 rings (SSSR count). The largest absolute Gasteiger partial charge is 0.337 e. The fourth-order valence-corrected chi connectivity index (χ4v) is 5.77. The topological polar surface area (TPSA) is 56.8 Å². The van der Waals surface area contributed by atoms with Crippen molar-refractivity contribution in [3.05, 3.63) is 69.5 Å². The second-order valence-corrected chi connectivity index (χ2v) is 11.3. The van der Waals surface area contributed by atoms with E-state index in [0.29, 0.717) is 30.6 Å². The zero-order valence-corrected chi connectivity index (χ0v) is 23.4. The van der Waals surface area contributed by atoms with E-state index < -0.39 is 0 Å². The molecule has 0 bridgehead atoms. The van der Waals surface area contributed by atoms with Crippen molar-refractivity contribution in [2.24, 2.45) is 5.92 Å². The molecule has 2 amide bonds. The van der Waals surface area contributed by atoms with Crippen LogP contribution >= 0.6 is 22.9 Å². The second-order valence-electron chi connectivity index (χ2n) is 9.97. The standard InChI is InChI=1S/C29H35ClN4O2S/c1-21(2)18-32-13-6-14-34(22(3)35)26-8-5-4-7-24(26)19-33(16-15-32)28(36)17-27-29(31-20-37-27)23-9-11-25(30)12-10-23/h4-5,7-12,20-21H,6,13-19H2,1-3H3. The molecule has 1 aliphatic heterocycles. The first-order valence-corrected chi connectivity index (χ1v) is 14.1.